The van der Waals surface area contributed by atoms with Crippen molar-refractivity contribution < 1.29 is 8.42 Å². The molecule has 6 heteroatoms. The van der Waals surface area contributed by atoms with E-state index in [0.29, 0.717) is 16.8 Å². The van der Waals surface area contributed by atoms with E-state index in [4.69, 9.17) is 0 Å². The number of rotatable bonds is 8. The van der Waals surface area contributed by atoms with Crippen LogP contribution in [0.4, 0.5) is 0 Å². The third-order valence-corrected chi connectivity index (χ3v) is 7.76. The van der Waals surface area contributed by atoms with E-state index in [1.807, 2.05) is 11.4 Å². The van der Waals surface area contributed by atoms with E-state index in [1.54, 1.807) is 0 Å². The molecule has 0 bridgehead atoms. The predicted molar refractivity (Wildman–Crippen MR) is 85.9 cm³/mol. The summed E-state index contributed by atoms with van der Waals surface area (Å²) in [5.41, 5.74) is 1.28. The Morgan fingerprint density at radius 1 is 1.38 bits per heavy atom. The van der Waals surface area contributed by atoms with Gasteiger partial charge >= 0.3 is 0 Å². The molecule has 0 aromatic carbocycles. The third-order valence-electron chi connectivity index (χ3n) is 4.87. The second-order valence-electron chi connectivity index (χ2n) is 6.46. The maximum Gasteiger partial charge on any atom is 0.250 e. The third kappa shape index (κ3) is 3.67. The molecule has 0 amide bonds. The first kappa shape index (κ1) is 15.5. The highest BCUT2D eigenvalue weighted by atomic mass is 32.2. The Bertz CT molecular complexity index is 581. The summed E-state index contributed by atoms with van der Waals surface area (Å²) in [6.07, 6.45) is 7.06. The van der Waals surface area contributed by atoms with E-state index in [9.17, 15) is 8.42 Å². The number of hydrogen-bond acceptors (Lipinski definition) is 4. The van der Waals surface area contributed by atoms with Gasteiger partial charge in [0.25, 0.3) is 0 Å². The molecule has 0 spiro atoms. The van der Waals surface area contributed by atoms with Crippen molar-refractivity contribution in [2.75, 3.05) is 6.54 Å². The molecule has 2 aliphatic carbocycles. The second kappa shape index (κ2) is 5.99. The predicted octanol–water partition coefficient (Wildman–Crippen LogP) is 2.86. The van der Waals surface area contributed by atoms with Crippen LogP contribution in [0.1, 0.15) is 51.0 Å². The van der Waals surface area contributed by atoms with Gasteiger partial charge in [-0.05, 0) is 54.5 Å². The molecule has 0 radical (unpaired) electrons. The van der Waals surface area contributed by atoms with Gasteiger partial charge < -0.3 is 5.32 Å². The summed E-state index contributed by atoms with van der Waals surface area (Å²) < 4.78 is 28.0. The molecular formula is C15H24N2O2S2. The fourth-order valence-corrected chi connectivity index (χ4v) is 5.20. The number of sulfonamides is 1. The van der Waals surface area contributed by atoms with Crippen LogP contribution in [-0.4, -0.2) is 21.0 Å². The summed E-state index contributed by atoms with van der Waals surface area (Å²) in [6, 6.07) is 2.45. The van der Waals surface area contributed by atoms with Gasteiger partial charge in [-0.1, -0.05) is 13.3 Å². The average Bonchev–Trinajstić information content (AvgIpc) is 3.12. The van der Waals surface area contributed by atoms with Crippen LogP contribution in [0.3, 0.4) is 0 Å². The number of hydrogen-bond donors (Lipinski definition) is 2. The molecule has 2 saturated carbocycles. The van der Waals surface area contributed by atoms with Gasteiger partial charge in [-0.3, -0.25) is 0 Å². The Labute approximate surface area is 131 Å². The fraction of sp³-hybridized carbons (Fsp3) is 0.733. The zero-order chi connectivity index (χ0) is 14.9. The number of thiophene rings is 1. The zero-order valence-corrected chi connectivity index (χ0v) is 14.2. The van der Waals surface area contributed by atoms with E-state index in [2.05, 4.69) is 17.0 Å². The first-order valence-electron chi connectivity index (χ1n) is 7.83. The molecule has 2 N–H and O–H groups in total. The summed E-state index contributed by atoms with van der Waals surface area (Å²) in [4.78, 5) is 0. The van der Waals surface area contributed by atoms with Crippen LogP contribution in [0.5, 0.6) is 0 Å². The van der Waals surface area contributed by atoms with Crippen LogP contribution in [0, 0.1) is 5.41 Å². The van der Waals surface area contributed by atoms with Gasteiger partial charge in [0, 0.05) is 19.1 Å². The van der Waals surface area contributed by atoms with Crippen LogP contribution < -0.4 is 10.0 Å². The first-order valence-corrected chi connectivity index (χ1v) is 10.2. The van der Waals surface area contributed by atoms with E-state index >= 15 is 0 Å². The Balaban J connectivity index is 1.58. The first-order chi connectivity index (χ1) is 10.0. The SMILES string of the molecule is CCC1(CNS(=O)(=O)c2cc(CNC3CC3)cs2)CCC1. The largest absolute Gasteiger partial charge is 0.310 e. The lowest BCUT2D eigenvalue weighted by atomic mass is 9.67. The molecule has 3 rings (SSSR count). The maximum absolute atomic E-state index is 12.4. The topological polar surface area (TPSA) is 58.2 Å². The van der Waals surface area contributed by atoms with Crippen LogP contribution >= 0.6 is 11.3 Å². The maximum atomic E-state index is 12.4. The monoisotopic (exact) mass is 328 g/mol. The van der Waals surface area contributed by atoms with Crippen molar-refractivity contribution in [3.05, 3.63) is 17.0 Å². The summed E-state index contributed by atoms with van der Waals surface area (Å²) >= 11 is 1.32. The Morgan fingerprint density at radius 3 is 2.71 bits per heavy atom. The fourth-order valence-electron chi connectivity index (χ4n) is 2.79. The lowest BCUT2D eigenvalue weighted by Crippen LogP contribution is -2.41. The molecule has 1 aromatic heterocycles. The normalized spacial score (nSPS) is 21.2. The highest BCUT2D eigenvalue weighted by molar-refractivity contribution is 7.91. The van der Waals surface area contributed by atoms with E-state index in [0.717, 1.165) is 31.4 Å². The zero-order valence-electron chi connectivity index (χ0n) is 12.5. The van der Waals surface area contributed by atoms with Crippen molar-refractivity contribution in [1.82, 2.24) is 10.0 Å². The molecule has 0 aliphatic heterocycles. The van der Waals surface area contributed by atoms with Crippen molar-refractivity contribution >= 4 is 21.4 Å². The molecule has 0 saturated heterocycles. The molecule has 2 fully saturated rings. The van der Waals surface area contributed by atoms with E-state index < -0.39 is 10.0 Å². The van der Waals surface area contributed by atoms with Gasteiger partial charge in [-0.15, -0.1) is 11.3 Å². The Kier molecular flexibility index (Phi) is 4.41. The molecule has 1 aromatic rings. The van der Waals surface area contributed by atoms with Crippen LogP contribution in [-0.2, 0) is 16.6 Å². The van der Waals surface area contributed by atoms with Crippen molar-refractivity contribution in [2.24, 2.45) is 5.41 Å². The van der Waals surface area contributed by atoms with Crippen molar-refractivity contribution in [3.63, 3.8) is 0 Å². The summed E-state index contributed by atoms with van der Waals surface area (Å²) in [5, 5.41) is 5.36. The minimum absolute atomic E-state index is 0.209. The van der Waals surface area contributed by atoms with Gasteiger partial charge in [0.05, 0.1) is 0 Å². The van der Waals surface area contributed by atoms with Gasteiger partial charge in [0.2, 0.25) is 10.0 Å². The smallest absolute Gasteiger partial charge is 0.250 e. The summed E-state index contributed by atoms with van der Waals surface area (Å²) in [5.74, 6) is 0. The van der Waals surface area contributed by atoms with Crippen LogP contribution in [0.25, 0.3) is 0 Å². The van der Waals surface area contributed by atoms with E-state index in [-0.39, 0.29) is 5.41 Å². The van der Waals surface area contributed by atoms with Gasteiger partial charge in [-0.25, -0.2) is 13.1 Å². The Hall–Kier alpha value is -0.430. The van der Waals surface area contributed by atoms with Crippen molar-refractivity contribution in [2.45, 2.75) is 62.2 Å². The molecular weight excluding hydrogens is 304 g/mol. The second-order valence-corrected chi connectivity index (χ2v) is 9.37. The molecule has 2 aliphatic rings. The molecule has 21 heavy (non-hydrogen) atoms. The molecule has 0 unspecified atom stereocenters. The average molecular weight is 329 g/mol. The molecule has 0 atom stereocenters. The highest BCUT2D eigenvalue weighted by Gasteiger charge is 2.36. The van der Waals surface area contributed by atoms with Gasteiger partial charge in [0.15, 0.2) is 0 Å². The van der Waals surface area contributed by atoms with E-state index in [1.165, 1.54) is 30.6 Å². The van der Waals surface area contributed by atoms with Crippen molar-refractivity contribution in [1.29, 1.82) is 0 Å². The minimum atomic E-state index is -3.34. The summed E-state index contributed by atoms with van der Waals surface area (Å²) in [6.45, 7) is 3.51. The van der Waals surface area contributed by atoms with Gasteiger partial charge in [-0.2, -0.15) is 0 Å². The Morgan fingerprint density at radius 2 is 2.14 bits per heavy atom. The number of nitrogens with one attached hydrogen (secondary N) is 2. The van der Waals surface area contributed by atoms with Crippen LogP contribution in [0.2, 0.25) is 0 Å². The van der Waals surface area contributed by atoms with Crippen LogP contribution in [0.15, 0.2) is 15.7 Å². The lowest BCUT2D eigenvalue weighted by Gasteiger charge is -2.41. The quantitative estimate of drug-likeness (QED) is 0.771. The molecule has 118 valence electrons. The highest BCUT2D eigenvalue weighted by Crippen LogP contribution is 2.43. The van der Waals surface area contributed by atoms with Crippen molar-refractivity contribution in [3.8, 4) is 0 Å². The molecule has 4 nitrogen and oxygen atoms in total. The standard InChI is InChI=1S/C15H24N2O2S2/c1-2-15(6-3-7-15)11-17-21(18,19)14-8-12(10-20-14)9-16-13-4-5-13/h8,10,13,16-17H,2-7,9,11H2,1H3. The lowest BCUT2D eigenvalue weighted by molar-refractivity contribution is 0.133. The van der Waals surface area contributed by atoms with Gasteiger partial charge in [0.1, 0.15) is 4.21 Å². The molecule has 1 heterocycles. The minimum Gasteiger partial charge on any atom is -0.310 e. The summed E-state index contributed by atoms with van der Waals surface area (Å²) in [7, 11) is -3.34.